The first-order valence-electron chi connectivity index (χ1n) is 11.9. The van der Waals surface area contributed by atoms with E-state index in [1.807, 2.05) is 119 Å². The van der Waals surface area contributed by atoms with E-state index >= 15 is 0 Å². The Kier molecular flexibility index (Phi) is 7.94. The van der Waals surface area contributed by atoms with Crippen molar-refractivity contribution in [2.45, 2.75) is 112 Å². The lowest BCUT2D eigenvalue weighted by Gasteiger charge is -2.29. The highest BCUT2D eigenvalue weighted by atomic mass is 16.5. The van der Waals surface area contributed by atoms with Gasteiger partial charge in [-0.05, 0) is 118 Å². The summed E-state index contributed by atoms with van der Waals surface area (Å²) in [6.07, 6.45) is -0.878. The minimum absolute atomic E-state index is 0.377. The Labute approximate surface area is 206 Å². The first-order valence-corrected chi connectivity index (χ1v) is 11.9. The molecule has 0 unspecified atom stereocenters. The lowest BCUT2D eigenvalue weighted by Crippen LogP contribution is -2.27. The average molecular weight is 473 g/mol. The van der Waals surface area contributed by atoms with Gasteiger partial charge in [-0.1, -0.05) is 12.1 Å². The molecule has 0 aromatic heterocycles. The van der Waals surface area contributed by atoms with Crippen molar-refractivity contribution >= 4 is 0 Å². The summed E-state index contributed by atoms with van der Waals surface area (Å²) in [5.41, 5.74) is -0.187. The van der Waals surface area contributed by atoms with Crippen LogP contribution in [0.15, 0.2) is 36.4 Å². The molecule has 0 heterocycles. The van der Waals surface area contributed by atoms with Crippen molar-refractivity contribution in [3.8, 4) is 23.0 Å². The molecule has 190 valence electrons. The summed E-state index contributed by atoms with van der Waals surface area (Å²) in [7, 11) is 0. The number of rotatable bonds is 6. The molecule has 0 radical (unpaired) electrons. The highest BCUT2D eigenvalue weighted by molar-refractivity contribution is 5.49. The van der Waals surface area contributed by atoms with Gasteiger partial charge in [0.15, 0.2) is 23.0 Å². The van der Waals surface area contributed by atoms with Gasteiger partial charge in [0.25, 0.3) is 0 Å². The maximum Gasteiger partial charge on any atom is 0.162 e. The van der Waals surface area contributed by atoms with Gasteiger partial charge in [0.05, 0.1) is 0 Å². The Morgan fingerprint density at radius 1 is 0.471 bits per heavy atom. The van der Waals surface area contributed by atoms with E-state index < -0.39 is 17.3 Å². The lowest BCUT2D eigenvalue weighted by molar-refractivity contribution is 0.0946. The zero-order valence-electron chi connectivity index (χ0n) is 23.1. The molecule has 0 fully saturated rings. The maximum atomic E-state index is 11.3. The molecule has 0 spiro atoms. The standard InChI is InChI=1S/C29H44O5/c1-26(2,3)31-21-15-13-19(17-23(21)33-28(7,8)9)25(30)20-14-16-22(32-27(4,5)6)24(18-20)34-29(10,11)12/h13-18,25,30H,1-12H3. The molecule has 0 bridgehead atoms. The van der Waals surface area contributed by atoms with E-state index in [9.17, 15) is 5.11 Å². The molecule has 2 aromatic rings. The molecule has 0 aliphatic carbocycles. The summed E-state index contributed by atoms with van der Waals surface area (Å²) in [5, 5.41) is 11.3. The Morgan fingerprint density at radius 3 is 1.00 bits per heavy atom. The van der Waals surface area contributed by atoms with Crippen LogP contribution in [-0.2, 0) is 0 Å². The van der Waals surface area contributed by atoms with Crippen molar-refractivity contribution in [3.63, 3.8) is 0 Å². The second-order valence-corrected chi connectivity index (χ2v) is 12.7. The fraction of sp³-hybridized carbons (Fsp3) is 0.586. The van der Waals surface area contributed by atoms with Crippen LogP contribution in [0, 0.1) is 0 Å². The van der Waals surface area contributed by atoms with Crippen molar-refractivity contribution < 1.29 is 24.1 Å². The summed E-state index contributed by atoms with van der Waals surface area (Å²) in [5.74, 6) is 2.48. The predicted octanol–water partition coefficient (Wildman–Crippen LogP) is 7.48. The topological polar surface area (TPSA) is 57.2 Å². The molecule has 0 aliphatic heterocycles. The second-order valence-electron chi connectivity index (χ2n) is 12.7. The summed E-state index contributed by atoms with van der Waals surface area (Å²) in [6.45, 7) is 23.9. The summed E-state index contributed by atoms with van der Waals surface area (Å²) in [4.78, 5) is 0. The minimum Gasteiger partial charge on any atom is -0.484 e. The van der Waals surface area contributed by atoms with Gasteiger partial charge in [0.1, 0.15) is 28.5 Å². The summed E-state index contributed by atoms with van der Waals surface area (Å²) < 4.78 is 24.6. The number of hydrogen-bond donors (Lipinski definition) is 1. The lowest BCUT2D eigenvalue weighted by atomic mass is 10.00. The Bertz CT molecular complexity index is 886. The van der Waals surface area contributed by atoms with Crippen LogP contribution in [0.4, 0.5) is 0 Å². The van der Waals surface area contributed by atoms with Crippen molar-refractivity contribution in [1.29, 1.82) is 0 Å². The van der Waals surface area contributed by atoms with Gasteiger partial charge in [-0.2, -0.15) is 0 Å². The van der Waals surface area contributed by atoms with Crippen molar-refractivity contribution in [2.24, 2.45) is 0 Å². The minimum atomic E-state index is -0.878. The average Bonchev–Trinajstić information content (AvgIpc) is 2.59. The number of ether oxygens (including phenoxy) is 4. The van der Waals surface area contributed by atoms with E-state index in [4.69, 9.17) is 18.9 Å². The Balaban J connectivity index is 2.49. The third kappa shape index (κ3) is 9.09. The van der Waals surface area contributed by atoms with Crippen molar-refractivity contribution in [2.75, 3.05) is 0 Å². The van der Waals surface area contributed by atoms with Gasteiger partial charge in [0, 0.05) is 0 Å². The molecular weight excluding hydrogens is 428 g/mol. The van der Waals surface area contributed by atoms with Gasteiger partial charge in [0.2, 0.25) is 0 Å². The van der Waals surface area contributed by atoms with Crippen LogP contribution in [0.5, 0.6) is 23.0 Å². The van der Waals surface area contributed by atoms with E-state index in [-0.39, 0.29) is 11.2 Å². The van der Waals surface area contributed by atoms with Crippen LogP contribution in [0.3, 0.4) is 0 Å². The predicted molar refractivity (Wildman–Crippen MR) is 138 cm³/mol. The fourth-order valence-electron chi connectivity index (χ4n) is 3.23. The first-order chi connectivity index (χ1) is 15.2. The van der Waals surface area contributed by atoms with Crippen LogP contribution in [0.1, 0.15) is 100 Å². The number of aliphatic hydroxyl groups is 1. The third-order valence-electron chi connectivity index (χ3n) is 4.23. The summed E-state index contributed by atoms with van der Waals surface area (Å²) in [6, 6.07) is 11.1. The van der Waals surface area contributed by atoms with E-state index in [1.54, 1.807) is 0 Å². The zero-order chi connectivity index (χ0) is 26.1. The second kappa shape index (κ2) is 9.69. The maximum absolute atomic E-state index is 11.3. The molecule has 1 N–H and O–H groups in total. The Morgan fingerprint density at radius 2 is 0.735 bits per heavy atom. The van der Waals surface area contributed by atoms with Crippen molar-refractivity contribution in [1.82, 2.24) is 0 Å². The van der Waals surface area contributed by atoms with E-state index in [1.165, 1.54) is 0 Å². The molecule has 0 amide bonds. The van der Waals surface area contributed by atoms with Crippen LogP contribution >= 0.6 is 0 Å². The van der Waals surface area contributed by atoms with E-state index in [2.05, 4.69) is 0 Å². The fourth-order valence-corrected chi connectivity index (χ4v) is 3.23. The molecule has 34 heavy (non-hydrogen) atoms. The molecule has 0 aliphatic rings. The number of aliphatic hydroxyl groups excluding tert-OH is 1. The Hall–Kier alpha value is -2.40. The molecule has 2 aromatic carbocycles. The van der Waals surface area contributed by atoms with Gasteiger partial charge >= 0.3 is 0 Å². The molecule has 0 saturated heterocycles. The normalized spacial score (nSPS) is 13.1. The van der Waals surface area contributed by atoms with Crippen LogP contribution < -0.4 is 18.9 Å². The van der Waals surface area contributed by atoms with Gasteiger partial charge in [-0.3, -0.25) is 0 Å². The number of benzene rings is 2. The largest absolute Gasteiger partial charge is 0.484 e. The highest BCUT2D eigenvalue weighted by Crippen LogP contribution is 2.39. The first kappa shape index (κ1) is 27.8. The van der Waals surface area contributed by atoms with Gasteiger partial charge in [-0.15, -0.1) is 0 Å². The molecule has 2 rings (SSSR count). The van der Waals surface area contributed by atoms with E-state index in [0.717, 1.165) is 0 Å². The smallest absolute Gasteiger partial charge is 0.162 e. The highest BCUT2D eigenvalue weighted by Gasteiger charge is 2.24. The monoisotopic (exact) mass is 472 g/mol. The molecule has 5 heteroatoms. The van der Waals surface area contributed by atoms with Crippen molar-refractivity contribution in [3.05, 3.63) is 47.5 Å². The van der Waals surface area contributed by atoms with Crippen LogP contribution in [0.2, 0.25) is 0 Å². The summed E-state index contributed by atoms with van der Waals surface area (Å²) >= 11 is 0. The number of hydrogen-bond acceptors (Lipinski definition) is 5. The molecule has 5 nitrogen and oxygen atoms in total. The third-order valence-corrected chi connectivity index (χ3v) is 4.23. The quantitative estimate of drug-likeness (QED) is 0.472. The van der Waals surface area contributed by atoms with Gasteiger partial charge in [-0.25, -0.2) is 0 Å². The molecule has 0 atom stereocenters. The van der Waals surface area contributed by atoms with Crippen LogP contribution in [0.25, 0.3) is 0 Å². The van der Waals surface area contributed by atoms with Crippen LogP contribution in [-0.4, -0.2) is 27.5 Å². The van der Waals surface area contributed by atoms with Gasteiger partial charge < -0.3 is 24.1 Å². The molecule has 0 saturated carbocycles. The SMILES string of the molecule is CC(C)(C)Oc1ccc(C(O)c2ccc(OC(C)(C)C)c(OC(C)(C)C)c2)cc1OC(C)(C)C. The molecular formula is C29H44O5. The van der Waals surface area contributed by atoms with E-state index in [0.29, 0.717) is 34.1 Å². The zero-order valence-corrected chi connectivity index (χ0v) is 23.1.